The van der Waals surface area contributed by atoms with E-state index in [9.17, 15) is 9.36 Å². The van der Waals surface area contributed by atoms with Gasteiger partial charge in [-0.2, -0.15) is 0 Å². The van der Waals surface area contributed by atoms with Crippen molar-refractivity contribution in [2.75, 3.05) is 18.5 Å². The Morgan fingerprint density at radius 2 is 1.48 bits per heavy atom. The number of amides is 2. The number of aryl methyl sites for hydroxylation is 1. The predicted molar refractivity (Wildman–Crippen MR) is 108 cm³/mol. The first-order valence-electron chi connectivity index (χ1n) is 9.01. The highest BCUT2D eigenvalue weighted by Crippen LogP contribution is 2.51. The van der Waals surface area contributed by atoms with Crippen LogP contribution in [0.3, 0.4) is 0 Å². The Bertz CT molecular complexity index is 766. The van der Waals surface area contributed by atoms with Gasteiger partial charge in [-0.1, -0.05) is 42.0 Å². The van der Waals surface area contributed by atoms with E-state index in [1.807, 2.05) is 31.2 Å². The molecule has 2 aromatic rings. The molecular weight excluding hydrogens is 363 g/mol. The third-order valence-corrected chi connectivity index (χ3v) is 5.87. The lowest BCUT2D eigenvalue weighted by Gasteiger charge is -2.17. The number of carbonyl (C=O) groups is 1. The molecule has 0 aliphatic heterocycles. The molecule has 0 heterocycles. The number of hydrogen-bond acceptors (Lipinski definition) is 4. The van der Waals surface area contributed by atoms with Crippen LogP contribution in [0.25, 0.3) is 0 Å². The Hall–Kier alpha value is -2.14. The molecule has 0 radical (unpaired) electrons. The Morgan fingerprint density at radius 3 is 2.04 bits per heavy atom. The van der Waals surface area contributed by atoms with Crippen LogP contribution in [0, 0.1) is 6.92 Å². The summed E-state index contributed by atoms with van der Waals surface area (Å²) in [7, 11) is -3.13. The van der Waals surface area contributed by atoms with Crippen molar-refractivity contribution < 1.29 is 18.4 Å². The number of urea groups is 1. The molecule has 2 N–H and O–H groups in total. The molecule has 27 heavy (non-hydrogen) atoms. The molecule has 6 nitrogen and oxygen atoms in total. The van der Waals surface area contributed by atoms with E-state index in [2.05, 4.69) is 10.6 Å². The fourth-order valence-corrected chi connectivity index (χ4v) is 4.20. The van der Waals surface area contributed by atoms with Crippen LogP contribution in [0.1, 0.15) is 30.5 Å². The van der Waals surface area contributed by atoms with Gasteiger partial charge >= 0.3 is 13.6 Å². The molecule has 0 saturated heterocycles. The van der Waals surface area contributed by atoms with Crippen molar-refractivity contribution in [1.82, 2.24) is 5.32 Å². The maximum atomic E-state index is 12.6. The fourth-order valence-electron chi connectivity index (χ4n) is 2.50. The summed E-state index contributed by atoms with van der Waals surface area (Å²) in [4.78, 5) is 12.0. The number of nitrogens with one attached hydrogen (secondary N) is 2. The number of hydrogen-bond donors (Lipinski definition) is 2. The van der Waals surface area contributed by atoms with E-state index in [-0.39, 0.29) is 12.2 Å². The average Bonchev–Trinajstić information content (AvgIpc) is 2.63. The van der Waals surface area contributed by atoms with Gasteiger partial charge < -0.3 is 19.7 Å². The van der Waals surface area contributed by atoms with Gasteiger partial charge in [0.2, 0.25) is 0 Å². The molecular formula is C20H27N2O4P. The summed E-state index contributed by atoms with van der Waals surface area (Å²) >= 11 is 0. The molecule has 2 amide bonds. The van der Waals surface area contributed by atoms with Gasteiger partial charge in [0.1, 0.15) is 0 Å². The van der Waals surface area contributed by atoms with E-state index in [0.29, 0.717) is 25.4 Å². The molecule has 0 fully saturated rings. The molecule has 0 aliphatic rings. The van der Waals surface area contributed by atoms with Gasteiger partial charge in [-0.25, -0.2) is 4.79 Å². The topological polar surface area (TPSA) is 76.7 Å². The number of carbonyl (C=O) groups excluding carboxylic acids is 1. The minimum absolute atomic E-state index is 0.203. The highest BCUT2D eigenvalue weighted by Gasteiger charge is 2.23. The van der Waals surface area contributed by atoms with E-state index in [1.54, 1.807) is 38.1 Å². The van der Waals surface area contributed by atoms with Gasteiger partial charge in [-0.3, -0.25) is 4.57 Å². The van der Waals surface area contributed by atoms with Crippen molar-refractivity contribution in [2.24, 2.45) is 0 Å². The molecule has 0 bridgehead atoms. The Morgan fingerprint density at radius 1 is 0.926 bits per heavy atom. The predicted octanol–water partition coefficient (Wildman–Crippen LogP) is 5.08. The van der Waals surface area contributed by atoms with Gasteiger partial charge in [-0.05, 0) is 44.0 Å². The maximum absolute atomic E-state index is 12.6. The van der Waals surface area contributed by atoms with Crippen molar-refractivity contribution in [3.8, 4) is 0 Å². The van der Waals surface area contributed by atoms with Crippen LogP contribution in [-0.2, 0) is 26.3 Å². The average molecular weight is 390 g/mol. The van der Waals surface area contributed by atoms with Crippen molar-refractivity contribution in [2.45, 2.75) is 33.5 Å². The third kappa shape index (κ3) is 7.18. The minimum atomic E-state index is -3.13. The summed E-state index contributed by atoms with van der Waals surface area (Å²) in [5.41, 5.74) is 3.70. The highest BCUT2D eigenvalue weighted by molar-refractivity contribution is 7.53. The molecule has 2 aromatic carbocycles. The van der Waals surface area contributed by atoms with Gasteiger partial charge in [0.25, 0.3) is 0 Å². The second-order valence-corrected chi connectivity index (χ2v) is 8.15. The molecule has 0 aromatic heterocycles. The first kappa shape index (κ1) is 21.2. The van der Waals surface area contributed by atoms with Crippen molar-refractivity contribution in [1.29, 1.82) is 0 Å². The van der Waals surface area contributed by atoms with Crippen LogP contribution in [-0.4, -0.2) is 19.2 Å². The van der Waals surface area contributed by atoms with E-state index < -0.39 is 7.60 Å². The van der Waals surface area contributed by atoms with Crippen molar-refractivity contribution in [3.63, 3.8) is 0 Å². The van der Waals surface area contributed by atoms with Crippen LogP contribution in [0.4, 0.5) is 10.5 Å². The van der Waals surface area contributed by atoms with Gasteiger partial charge in [-0.15, -0.1) is 0 Å². The van der Waals surface area contributed by atoms with Crippen molar-refractivity contribution in [3.05, 3.63) is 65.2 Å². The maximum Gasteiger partial charge on any atom is 0.335 e. The molecule has 0 saturated carbocycles. The minimum Gasteiger partial charge on any atom is -0.334 e. The van der Waals surface area contributed by atoms with E-state index in [1.165, 1.54) is 5.56 Å². The summed E-state index contributed by atoms with van der Waals surface area (Å²) in [5.74, 6) is 0. The number of benzene rings is 2. The van der Waals surface area contributed by atoms with Gasteiger partial charge in [0.15, 0.2) is 0 Å². The monoisotopic (exact) mass is 390 g/mol. The van der Waals surface area contributed by atoms with Crippen LogP contribution in [0.15, 0.2) is 48.5 Å². The molecule has 2 rings (SSSR count). The summed E-state index contributed by atoms with van der Waals surface area (Å²) in [6, 6.07) is 14.9. The van der Waals surface area contributed by atoms with Crippen LogP contribution >= 0.6 is 7.60 Å². The fraction of sp³-hybridized carbons (Fsp3) is 0.350. The van der Waals surface area contributed by atoms with E-state index >= 15 is 0 Å². The summed E-state index contributed by atoms with van der Waals surface area (Å²) in [6.07, 6.45) is 0.203. The number of rotatable bonds is 9. The zero-order chi connectivity index (χ0) is 19.7. The highest BCUT2D eigenvalue weighted by atomic mass is 31.2. The first-order chi connectivity index (χ1) is 12.9. The normalized spacial score (nSPS) is 11.2. The smallest absolute Gasteiger partial charge is 0.334 e. The molecule has 0 unspecified atom stereocenters. The molecule has 7 heteroatoms. The van der Waals surface area contributed by atoms with Crippen LogP contribution in [0.5, 0.6) is 0 Å². The van der Waals surface area contributed by atoms with Crippen LogP contribution < -0.4 is 10.6 Å². The zero-order valence-electron chi connectivity index (χ0n) is 16.0. The Kier molecular flexibility index (Phi) is 8.04. The quantitative estimate of drug-likeness (QED) is 0.585. The molecule has 0 atom stereocenters. The standard InChI is InChI=1S/C20H27N2O4P/c1-4-25-27(24,26-5-2)15-18-10-12-19(13-11-18)22-20(23)21-14-17-8-6-16(3)7-9-17/h6-13H,4-5,14-15H2,1-3H3,(H2,21,22,23). The lowest BCUT2D eigenvalue weighted by atomic mass is 10.1. The van der Waals surface area contributed by atoms with Crippen LogP contribution in [0.2, 0.25) is 0 Å². The third-order valence-electron chi connectivity index (χ3n) is 3.81. The van der Waals surface area contributed by atoms with E-state index in [0.717, 1.165) is 11.1 Å². The largest absolute Gasteiger partial charge is 0.335 e. The number of anilines is 1. The van der Waals surface area contributed by atoms with Crippen molar-refractivity contribution >= 4 is 19.3 Å². The Balaban J connectivity index is 1.87. The summed E-state index contributed by atoms with van der Waals surface area (Å²) in [6.45, 7) is 6.71. The molecule has 0 aliphatic carbocycles. The zero-order valence-corrected chi connectivity index (χ0v) is 16.9. The molecule has 0 spiro atoms. The Labute approximate surface area is 160 Å². The molecule has 146 valence electrons. The van der Waals surface area contributed by atoms with Gasteiger partial charge in [0, 0.05) is 12.2 Å². The lowest BCUT2D eigenvalue weighted by molar-refractivity contribution is 0.219. The second kappa shape index (κ2) is 10.3. The first-order valence-corrected chi connectivity index (χ1v) is 10.7. The van der Waals surface area contributed by atoms with Gasteiger partial charge in [0.05, 0.1) is 19.4 Å². The lowest BCUT2D eigenvalue weighted by Crippen LogP contribution is -2.28. The van der Waals surface area contributed by atoms with E-state index in [4.69, 9.17) is 9.05 Å². The summed E-state index contributed by atoms with van der Waals surface area (Å²) in [5, 5.41) is 5.60. The SMILES string of the molecule is CCOP(=O)(Cc1ccc(NC(=O)NCc2ccc(C)cc2)cc1)OCC. The second-order valence-electron chi connectivity index (χ2n) is 6.09. The summed E-state index contributed by atoms with van der Waals surface area (Å²) < 4.78 is 23.2.